The number of H-pyrrole nitrogens is 1. The van der Waals surface area contributed by atoms with E-state index < -0.39 is 0 Å². The number of hydrogen-bond donors (Lipinski definition) is 1. The van der Waals surface area contributed by atoms with Gasteiger partial charge in [-0.25, -0.2) is 4.98 Å². The van der Waals surface area contributed by atoms with Gasteiger partial charge in [0, 0.05) is 48.7 Å². The number of aromatic amines is 1. The van der Waals surface area contributed by atoms with Crippen LogP contribution in [0.2, 0.25) is 0 Å². The first-order valence-corrected chi connectivity index (χ1v) is 10.1. The van der Waals surface area contributed by atoms with E-state index in [1.54, 1.807) is 0 Å². The molecule has 1 saturated heterocycles. The maximum Gasteiger partial charge on any atom is 0.227 e. The zero-order chi connectivity index (χ0) is 19.8. The lowest BCUT2D eigenvalue weighted by Gasteiger charge is -2.35. The van der Waals surface area contributed by atoms with Crippen molar-refractivity contribution in [2.45, 2.75) is 13.3 Å². The van der Waals surface area contributed by atoms with E-state index in [1.807, 2.05) is 35.4 Å². The number of rotatable bonds is 3. The quantitative estimate of drug-likeness (QED) is 0.583. The Morgan fingerprint density at radius 2 is 1.72 bits per heavy atom. The molecule has 5 heteroatoms. The summed E-state index contributed by atoms with van der Waals surface area (Å²) in [6.07, 6.45) is 2.40. The Bertz CT molecular complexity index is 1190. The Morgan fingerprint density at radius 1 is 1.00 bits per heavy atom. The third-order valence-electron chi connectivity index (χ3n) is 5.88. The minimum absolute atomic E-state index is 0.192. The van der Waals surface area contributed by atoms with E-state index >= 15 is 0 Å². The van der Waals surface area contributed by atoms with E-state index in [4.69, 9.17) is 4.98 Å². The van der Waals surface area contributed by atoms with Gasteiger partial charge in [-0.2, -0.15) is 0 Å². The number of pyridine rings is 1. The number of anilines is 1. The number of fused-ring (bicyclic) bond motifs is 2. The van der Waals surface area contributed by atoms with Gasteiger partial charge in [0.15, 0.2) is 0 Å². The minimum atomic E-state index is 0.192. The van der Waals surface area contributed by atoms with Crippen LogP contribution in [-0.4, -0.2) is 47.0 Å². The second-order valence-electron chi connectivity index (χ2n) is 7.72. The third kappa shape index (κ3) is 3.33. The van der Waals surface area contributed by atoms with Crippen molar-refractivity contribution in [1.82, 2.24) is 14.9 Å². The summed E-state index contributed by atoms with van der Waals surface area (Å²) < 4.78 is 0. The fourth-order valence-corrected chi connectivity index (χ4v) is 4.23. The number of nitrogens with zero attached hydrogens (tertiary/aromatic N) is 3. The van der Waals surface area contributed by atoms with E-state index in [0.29, 0.717) is 6.42 Å². The van der Waals surface area contributed by atoms with Crippen molar-refractivity contribution in [3.8, 4) is 0 Å². The molecule has 1 fully saturated rings. The van der Waals surface area contributed by atoms with E-state index in [1.165, 1.54) is 10.9 Å². The first-order valence-electron chi connectivity index (χ1n) is 10.1. The standard InChI is InChI=1S/C24H24N4O/c1-17-14-23(26-22-9-5-2-6-19(17)22)27-10-12-28(13-11-27)24(29)15-18-16-25-21-8-4-3-7-20(18)21/h2-9,14,16,25H,10-13,15H2,1H3. The van der Waals surface area contributed by atoms with Crippen LogP contribution in [0, 0.1) is 6.92 Å². The highest BCUT2D eigenvalue weighted by Gasteiger charge is 2.23. The number of para-hydroxylation sites is 2. The molecule has 2 aromatic heterocycles. The lowest BCUT2D eigenvalue weighted by Crippen LogP contribution is -2.49. The number of amides is 1. The van der Waals surface area contributed by atoms with Crippen molar-refractivity contribution in [2.24, 2.45) is 0 Å². The lowest BCUT2D eigenvalue weighted by molar-refractivity contribution is -0.130. The maximum atomic E-state index is 12.9. The second-order valence-corrected chi connectivity index (χ2v) is 7.72. The minimum Gasteiger partial charge on any atom is -0.361 e. The van der Waals surface area contributed by atoms with Crippen LogP contribution in [-0.2, 0) is 11.2 Å². The molecule has 0 bridgehead atoms. The molecule has 1 amide bonds. The lowest BCUT2D eigenvalue weighted by atomic mass is 10.1. The van der Waals surface area contributed by atoms with Gasteiger partial charge in [-0.3, -0.25) is 4.79 Å². The highest BCUT2D eigenvalue weighted by Crippen LogP contribution is 2.24. The van der Waals surface area contributed by atoms with Crippen LogP contribution in [0.3, 0.4) is 0 Å². The average molecular weight is 384 g/mol. The Labute approximate surface area is 170 Å². The van der Waals surface area contributed by atoms with Gasteiger partial charge in [0.05, 0.1) is 11.9 Å². The highest BCUT2D eigenvalue weighted by molar-refractivity contribution is 5.89. The van der Waals surface area contributed by atoms with Crippen molar-refractivity contribution >= 4 is 33.5 Å². The first-order chi connectivity index (χ1) is 14.2. The van der Waals surface area contributed by atoms with Gasteiger partial charge in [0.1, 0.15) is 5.82 Å². The normalized spacial score (nSPS) is 14.7. The monoisotopic (exact) mass is 384 g/mol. The molecule has 0 atom stereocenters. The number of piperazine rings is 1. The highest BCUT2D eigenvalue weighted by atomic mass is 16.2. The number of aromatic nitrogens is 2. The van der Waals surface area contributed by atoms with E-state index in [2.05, 4.69) is 47.1 Å². The van der Waals surface area contributed by atoms with Crippen molar-refractivity contribution in [2.75, 3.05) is 31.1 Å². The van der Waals surface area contributed by atoms with Crippen molar-refractivity contribution < 1.29 is 4.79 Å². The SMILES string of the molecule is Cc1cc(N2CCN(C(=O)Cc3c[nH]c4ccccc34)CC2)nc2ccccc12. The van der Waals surface area contributed by atoms with Crippen LogP contribution in [0.15, 0.2) is 60.8 Å². The molecule has 0 saturated carbocycles. The molecule has 0 spiro atoms. The smallest absolute Gasteiger partial charge is 0.227 e. The molecule has 5 nitrogen and oxygen atoms in total. The first kappa shape index (κ1) is 17.7. The topological polar surface area (TPSA) is 52.2 Å². The maximum absolute atomic E-state index is 12.9. The molecule has 4 aromatic rings. The largest absolute Gasteiger partial charge is 0.361 e. The summed E-state index contributed by atoms with van der Waals surface area (Å²) in [5.41, 5.74) is 4.42. The molecule has 1 aliphatic heterocycles. The van der Waals surface area contributed by atoms with Crippen LogP contribution < -0.4 is 4.90 Å². The fraction of sp³-hybridized carbons (Fsp3) is 0.250. The average Bonchev–Trinajstić information content (AvgIpc) is 3.17. The van der Waals surface area contributed by atoms with E-state index in [9.17, 15) is 4.79 Å². The molecule has 5 rings (SSSR count). The summed E-state index contributed by atoms with van der Waals surface area (Å²) >= 11 is 0. The van der Waals surface area contributed by atoms with Crippen LogP contribution in [0.25, 0.3) is 21.8 Å². The molecule has 1 N–H and O–H groups in total. The number of carbonyl (C=O) groups is 1. The molecule has 0 unspecified atom stereocenters. The number of aryl methyl sites for hydroxylation is 1. The zero-order valence-electron chi connectivity index (χ0n) is 16.6. The Kier molecular flexibility index (Phi) is 4.43. The van der Waals surface area contributed by atoms with Crippen LogP contribution >= 0.6 is 0 Å². The summed E-state index contributed by atoms with van der Waals surface area (Å²) in [6.45, 7) is 5.22. The number of hydrogen-bond acceptors (Lipinski definition) is 3. The zero-order valence-corrected chi connectivity index (χ0v) is 16.6. The Balaban J connectivity index is 1.27. The van der Waals surface area contributed by atoms with Gasteiger partial charge in [0.25, 0.3) is 0 Å². The van der Waals surface area contributed by atoms with Gasteiger partial charge < -0.3 is 14.8 Å². The summed E-state index contributed by atoms with van der Waals surface area (Å²) in [5, 5.41) is 2.33. The van der Waals surface area contributed by atoms with Gasteiger partial charge in [-0.15, -0.1) is 0 Å². The summed E-state index contributed by atoms with van der Waals surface area (Å²) in [5.74, 6) is 1.20. The molecular weight excluding hydrogens is 360 g/mol. The molecule has 146 valence electrons. The van der Waals surface area contributed by atoms with Crippen molar-refractivity contribution in [3.05, 3.63) is 71.9 Å². The summed E-state index contributed by atoms with van der Waals surface area (Å²) in [4.78, 5) is 25.2. The van der Waals surface area contributed by atoms with Crippen molar-refractivity contribution in [1.29, 1.82) is 0 Å². The predicted molar refractivity (Wildman–Crippen MR) is 117 cm³/mol. The van der Waals surface area contributed by atoms with Crippen LogP contribution in [0.4, 0.5) is 5.82 Å². The molecule has 3 heterocycles. The molecule has 1 aliphatic rings. The Morgan fingerprint density at radius 3 is 2.55 bits per heavy atom. The van der Waals surface area contributed by atoms with Gasteiger partial charge >= 0.3 is 0 Å². The number of nitrogens with one attached hydrogen (secondary N) is 1. The third-order valence-corrected chi connectivity index (χ3v) is 5.88. The second kappa shape index (κ2) is 7.24. The molecule has 0 radical (unpaired) electrons. The van der Waals surface area contributed by atoms with Gasteiger partial charge in [0.2, 0.25) is 5.91 Å². The predicted octanol–water partition coefficient (Wildman–Crippen LogP) is 3.92. The van der Waals surface area contributed by atoms with E-state index in [0.717, 1.165) is 54.0 Å². The van der Waals surface area contributed by atoms with Gasteiger partial charge in [-0.1, -0.05) is 36.4 Å². The Hall–Kier alpha value is -3.34. The van der Waals surface area contributed by atoms with Gasteiger partial charge in [-0.05, 0) is 36.2 Å². The summed E-state index contributed by atoms with van der Waals surface area (Å²) in [7, 11) is 0. The molecule has 2 aromatic carbocycles. The fourth-order valence-electron chi connectivity index (χ4n) is 4.23. The molecule has 0 aliphatic carbocycles. The number of carbonyl (C=O) groups excluding carboxylic acids is 1. The van der Waals surface area contributed by atoms with Crippen LogP contribution in [0.1, 0.15) is 11.1 Å². The summed E-state index contributed by atoms with van der Waals surface area (Å²) in [6, 6.07) is 18.5. The van der Waals surface area contributed by atoms with Crippen molar-refractivity contribution in [3.63, 3.8) is 0 Å². The molecular formula is C24H24N4O. The molecule has 29 heavy (non-hydrogen) atoms. The van der Waals surface area contributed by atoms with Crippen LogP contribution in [0.5, 0.6) is 0 Å². The number of benzene rings is 2. The van der Waals surface area contributed by atoms with E-state index in [-0.39, 0.29) is 5.91 Å².